The second-order valence-electron chi connectivity index (χ2n) is 4.36. The van der Waals surface area contributed by atoms with Crippen LogP contribution < -0.4 is 16.0 Å². The molecule has 0 unspecified atom stereocenters. The van der Waals surface area contributed by atoms with Crippen LogP contribution in [0.4, 0.5) is 16.2 Å². The van der Waals surface area contributed by atoms with E-state index in [9.17, 15) is 9.59 Å². The molecule has 0 saturated carbocycles. The highest BCUT2D eigenvalue weighted by molar-refractivity contribution is 6.06. The molecule has 1 fully saturated rings. The zero-order chi connectivity index (χ0) is 13.4. The van der Waals surface area contributed by atoms with Crippen molar-refractivity contribution in [2.45, 2.75) is 6.42 Å². The van der Waals surface area contributed by atoms with Gasteiger partial charge in [0.15, 0.2) is 0 Å². The molecular formula is C13H12N4O2. The monoisotopic (exact) mass is 256 g/mol. The number of urea groups is 1. The molecular weight excluding hydrogens is 244 g/mol. The molecule has 3 rings (SSSR count). The van der Waals surface area contributed by atoms with Gasteiger partial charge in [0.05, 0.1) is 5.52 Å². The van der Waals surface area contributed by atoms with Crippen molar-refractivity contribution in [1.29, 1.82) is 0 Å². The van der Waals surface area contributed by atoms with Crippen molar-refractivity contribution >= 4 is 34.2 Å². The van der Waals surface area contributed by atoms with E-state index in [1.165, 1.54) is 4.90 Å². The molecule has 0 aliphatic carbocycles. The van der Waals surface area contributed by atoms with E-state index in [2.05, 4.69) is 10.3 Å². The van der Waals surface area contributed by atoms with Crippen LogP contribution in [-0.2, 0) is 4.79 Å². The number of fused-ring (bicyclic) bond motifs is 1. The van der Waals surface area contributed by atoms with Gasteiger partial charge in [0, 0.05) is 35.9 Å². The summed E-state index contributed by atoms with van der Waals surface area (Å²) >= 11 is 0. The van der Waals surface area contributed by atoms with E-state index in [0.717, 1.165) is 10.9 Å². The van der Waals surface area contributed by atoms with Gasteiger partial charge < -0.3 is 5.73 Å². The number of anilines is 2. The quantitative estimate of drug-likeness (QED) is 0.804. The van der Waals surface area contributed by atoms with Gasteiger partial charge in [0.2, 0.25) is 5.91 Å². The van der Waals surface area contributed by atoms with Gasteiger partial charge >= 0.3 is 6.03 Å². The zero-order valence-electron chi connectivity index (χ0n) is 10.1. The van der Waals surface area contributed by atoms with Crippen LogP contribution in [0.3, 0.4) is 0 Å². The molecule has 6 nitrogen and oxygen atoms in total. The fourth-order valence-electron chi connectivity index (χ4n) is 2.14. The Morgan fingerprint density at radius 1 is 1.26 bits per heavy atom. The topological polar surface area (TPSA) is 88.3 Å². The molecule has 1 aliphatic heterocycles. The number of nitrogens with zero attached hydrogens (tertiary/aromatic N) is 2. The summed E-state index contributed by atoms with van der Waals surface area (Å²) in [6, 6.07) is 6.75. The van der Waals surface area contributed by atoms with Gasteiger partial charge in [-0.3, -0.25) is 20.0 Å². The Hall–Kier alpha value is -2.63. The third-order valence-corrected chi connectivity index (χ3v) is 3.13. The molecule has 0 bridgehead atoms. The number of imide groups is 1. The molecule has 1 aromatic carbocycles. The minimum Gasteiger partial charge on any atom is -0.398 e. The number of carbonyl (C=O) groups excluding carboxylic acids is 2. The fraction of sp³-hybridized carbons (Fsp3) is 0.154. The number of nitrogen functional groups attached to an aromatic ring is 1. The number of amides is 3. The maximum atomic E-state index is 11.8. The second-order valence-corrected chi connectivity index (χ2v) is 4.36. The van der Waals surface area contributed by atoms with Crippen molar-refractivity contribution in [2.75, 3.05) is 17.2 Å². The largest absolute Gasteiger partial charge is 0.398 e. The summed E-state index contributed by atoms with van der Waals surface area (Å²) in [6.45, 7) is 0.374. The number of nitrogens with two attached hydrogens (primary N) is 1. The van der Waals surface area contributed by atoms with E-state index in [1.807, 2.05) is 6.07 Å². The predicted octanol–water partition coefficient (Wildman–Crippen LogP) is 1.26. The summed E-state index contributed by atoms with van der Waals surface area (Å²) in [5.41, 5.74) is 7.93. The zero-order valence-corrected chi connectivity index (χ0v) is 10.1. The Bertz CT molecular complexity index is 683. The molecule has 2 heterocycles. The van der Waals surface area contributed by atoms with Crippen LogP contribution in [-0.4, -0.2) is 23.5 Å². The molecule has 96 valence electrons. The first-order valence-electron chi connectivity index (χ1n) is 5.91. The predicted molar refractivity (Wildman–Crippen MR) is 71.7 cm³/mol. The number of carbonyl (C=O) groups is 2. The third-order valence-electron chi connectivity index (χ3n) is 3.13. The van der Waals surface area contributed by atoms with Gasteiger partial charge in [-0.15, -0.1) is 0 Å². The summed E-state index contributed by atoms with van der Waals surface area (Å²) in [5, 5.41) is 3.14. The van der Waals surface area contributed by atoms with Crippen LogP contribution in [0.1, 0.15) is 6.42 Å². The highest BCUT2D eigenvalue weighted by Crippen LogP contribution is 2.25. The summed E-state index contributed by atoms with van der Waals surface area (Å²) in [4.78, 5) is 28.6. The molecule has 3 amide bonds. The first-order valence-corrected chi connectivity index (χ1v) is 5.91. The van der Waals surface area contributed by atoms with Gasteiger partial charge in [0.25, 0.3) is 0 Å². The van der Waals surface area contributed by atoms with Gasteiger partial charge in [0.1, 0.15) is 0 Å². The van der Waals surface area contributed by atoms with E-state index in [4.69, 9.17) is 5.73 Å². The minimum atomic E-state index is -0.403. The SMILES string of the molecule is Nc1ccnc2cc(N3CCC(=O)NC3=O)ccc12. The molecule has 19 heavy (non-hydrogen) atoms. The molecule has 0 radical (unpaired) electrons. The Kier molecular flexibility index (Phi) is 2.56. The number of pyridine rings is 1. The van der Waals surface area contributed by atoms with Crippen LogP contribution >= 0.6 is 0 Å². The molecule has 3 N–H and O–H groups in total. The van der Waals surface area contributed by atoms with Crippen molar-refractivity contribution in [3.8, 4) is 0 Å². The molecule has 0 spiro atoms. The average molecular weight is 256 g/mol. The molecule has 0 atom stereocenters. The van der Waals surface area contributed by atoms with Crippen LogP contribution in [0.15, 0.2) is 30.5 Å². The maximum Gasteiger partial charge on any atom is 0.328 e. The van der Waals surface area contributed by atoms with Crippen molar-refractivity contribution in [2.24, 2.45) is 0 Å². The van der Waals surface area contributed by atoms with Gasteiger partial charge in [-0.2, -0.15) is 0 Å². The first-order chi connectivity index (χ1) is 9.15. The van der Waals surface area contributed by atoms with Crippen molar-refractivity contribution in [1.82, 2.24) is 10.3 Å². The van der Waals surface area contributed by atoms with Crippen molar-refractivity contribution < 1.29 is 9.59 Å². The van der Waals surface area contributed by atoms with E-state index in [0.29, 0.717) is 24.3 Å². The fourth-order valence-corrected chi connectivity index (χ4v) is 2.14. The lowest BCUT2D eigenvalue weighted by atomic mass is 10.1. The average Bonchev–Trinajstić information content (AvgIpc) is 2.38. The summed E-state index contributed by atoms with van der Waals surface area (Å²) in [5.74, 6) is -0.246. The maximum absolute atomic E-state index is 11.8. The van der Waals surface area contributed by atoms with E-state index in [-0.39, 0.29) is 5.91 Å². The van der Waals surface area contributed by atoms with E-state index in [1.54, 1.807) is 24.4 Å². The Morgan fingerprint density at radius 2 is 2.11 bits per heavy atom. The molecule has 1 aromatic heterocycles. The van der Waals surface area contributed by atoms with Crippen LogP contribution in [0.5, 0.6) is 0 Å². The third kappa shape index (κ3) is 1.97. The number of nitrogens with one attached hydrogen (secondary N) is 1. The smallest absolute Gasteiger partial charge is 0.328 e. The molecule has 2 aromatic rings. The van der Waals surface area contributed by atoms with Gasteiger partial charge in [-0.05, 0) is 24.3 Å². The van der Waals surface area contributed by atoms with Crippen LogP contribution in [0.25, 0.3) is 10.9 Å². The van der Waals surface area contributed by atoms with Crippen molar-refractivity contribution in [3.05, 3.63) is 30.5 Å². The first kappa shape index (κ1) is 11.5. The number of hydrogen-bond donors (Lipinski definition) is 2. The Balaban J connectivity index is 2.02. The minimum absolute atomic E-state index is 0.246. The Morgan fingerprint density at radius 3 is 2.89 bits per heavy atom. The lowest BCUT2D eigenvalue weighted by Gasteiger charge is -2.26. The van der Waals surface area contributed by atoms with Gasteiger partial charge in [-0.25, -0.2) is 4.79 Å². The molecule has 1 saturated heterocycles. The Labute approximate surface area is 109 Å². The second kappa shape index (κ2) is 4.24. The number of hydrogen-bond acceptors (Lipinski definition) is 4. The summed E-state index contributed by atoms with van der Waals surface area (Å²) in [6.07, 6.45) is 1.93. The number of benzene rings is 1. The number of aromatic nitrogens is 1. The van der Waals surface area contributed by atoms with Gasteiger partial charge in [-0.1, -0.05) is 0 Å². The normalized spacial score (nSPS) is 15.7. The van der Waals surface area contributed by atoms with E-state index < -0.39 is 6.03 Å². The molecule has 1 aliphatic rings. The number of rotatable bonds is 1. The lowest BCUT2D eigenvalue weighted by molar-refractivity contribution is -0.120. The van der Waals surface area contributed by atoms with Crippen LogP contribution in [0, 0.1) is 0 Å². The van der Waals surface area contributed by atoms with Crippen molar-refractivity contribution in [3.63, 3.8) is 0 Å². The van der Waals surface area contributed by atoms with E-state index >= 15 is 0 Å². The summed E-state index contributed by atoms with van der Waals surface area (Å²) < 4.78 is 0. The van der Waals surface area contributed by atoms with Crippen LogP contribution in [0.2, 0.25) is 0 Å². The standard InChI is InChI=1S/C13H12N4O2/c14-10-3-5-15-11-7-8(1-2-9(10)11)17-6-4-12(18)16-13(17)19/h1-3,5,7H,4,6H2,(H2,14,15)(H,16,18,19). The highest BCUT2D eigenvalue weighted by atomic mass is 16.2. The molecule has 6 heteroatoms. The highest BCUT2D eigenvalue weighted by Gasteiger charge is 2.24. The lowest BCUT2D eigenvalue weighted by Crippen LogP contribution is -2.49. The summed E-state index contributed by atoms with van der Waals surface area (Å²) in [7, 11) is 0.